The molecule has 3 fully saturated rings. The molecule has 4 aromatic rings. The number of aromatic nitrogens is 5. The molecule has 1 aromatic carbocycles. The number of aryl methyl sites for hydroxylation is 1. The van der Waals surface area contributed by atoms with Gasteiger partial charge in [0.25, 0.3) is 0 Å². The van der Waals surface area contributed by atoms with Gasteiger partial charge < -0.3 is 14.8 Å². The van der Waals surface area contributed by atoms with Crippen molar-refractivity contribution in [1.82, 2.24) is 33.9 Å². The van der Waals surface area contributed by atoms with Gasteiger partial charge in [-0.15, -0.1) is 10.2 Å². The molecule has 0 spiro atoms. The minimum atomic E-state index is -4.59. The predicted octanol–water partition coefficient (Wildman–Crippen LogP) is 4.32. The molecule has 2 saturated heterocycles. The molecule has 2 unspecified atom stereocenters. The number of imidazole rings is 1. The summed E-state index contributed by atoms with van der Waals surface area (Å²) in [7, 11) is 3.99. The van der Waals surface area contributed by atoms with Crippen LogP contribution in [0.5, 0.6) is 0 Å². The second-order valence-electron chi connectivity index (χ2n) is 12.2. The Morgan fingerprint density at radius 2 is 1.80 bits per heavy atom. The standard InChI is InChI=1S/C30H34F3N7O/c1-37-14-22-9-20(10-23(15-37)35-22)21-12-25(30(31,32)33)26-16-39(29(41)40(26)13-21)24-8-4-7-19(11-24)27(18-5-3-6-18)28-36-34-17-38(28)2/h4,7-8,11-13,16-18,20,22-23,27,35H,3,5-6,9-10,14-15H2,1-2H3/t20?,22?,23?,27-/m1/s1. The maximum absolute atomic E-state index is 14.4. The van der Waals surface area contributed by atoms with Crippen LogP contribution in [0.4, 0.5) is 13.2 Å². The number of benzene rings is 1. The molecular formula is C30H34F3N7O. The summed E-state index contributed by atoms with van der Waals surface area (Å²) in [6, 6.07) is 9.28. The first kappa shape index (κ1) is 26.5. The van der Waals surface area contributed by atoms with Gasteiger partial charge >= 0.3 is 11.9 Å². The van der Waals surface area contributed by atoms with Crippen molar-refractivity contribution in [3.05, 3.63) is 82.1 Å². The number of halogens is 3. The van der Waals surface area contributed by atoms with Crippen molar-refractivity contribution in [2.24, 2.45) is 13.0 Å². The topological polar surface area (TPSA) is 72.4 Å². The lowest BCUT2D eigenvalue weighted by Gasteiger charge is -2.44. The summed E-state index contributed by atoms with van der Waals surface area (Å²) in [6.07, 6.45) is 4.85. The van der Waals surface area contributed by atoms with E-state index >= 15 is 0 Å². The third-order valence-electron chi connectivity index (χ3n) is 9.39. The summed E-state index contributed by atoms with van der Waals surface area (Å²) >= 11 is 0. The van der Waals surface area contributed by atoms with E-state index in [1.54, 1.807) is 18.6 Å². The lowest BCUT2D eigenvalue weighted by Crippen LogP contribution is -2.58. The third kappa shape index (κ3) is 4.68. The van der Waals surface area contributed by atoms with E-state index in [2.05, 4.69) is 27.5 Å². The molecule has 5 heterocycles. The summed E-state index contributed by atoms with van der Waals surface area (Å²) in [5.41, 5.74) is 0.692. The molecule has 7 rings (SSSR count). The van der Waals surface area contributed by atoms with Gasteiger partial charge in [-0.25, -0.2) is 4.79 Å². The number of piperidine rings is 1. The van der Waals surface area contributed by atoms with Crippen molar-refractivity contribution in [3.63, 3.8) is 0 Å². The Balaban J connectivity index is 1.31. The number of fused-ring (bicyclic) bond motifs is 3. The fraction of sp³-hybridized carbons (Fsp3) is 0.500. The number of likely N-dealkylation sites (N-methyl/N-ethyl adjacent to an activating group) is 1. The van der Waals surface area contributed by atoms with Crippen molar-refractivity contribution in [2.45, 2.75) is 62.2 Å². The highest BCUT2D eigenvalue weighted by Crippen LogP contribution is 2.43. The van der Waals surface area contributed by atoms with Gasteiger partial charge in [0.2, 0.25) is 0 Å². The van der Waals surface area contributed by atoms with Gasteiger partial charge in [0.15, 0.2) is 0 Å². The highest BCUT2D eigenvalue weighted by molar-refractivity contribution is 5.58. The summed E-state index contributed by atoms with van der Waals surface area (Å²) in [6.45, 7) is 1.73. The van der Waals surface area contributed by atoms with Crippen LogP contribution in [0.15, 0.2) is 53.8 Å². The lowest BCUT2D eigenvalue weighted by atomic mass is 9.72. The second-order valence-corrected chi connectivity index (χ2v) is 12.2. The Morgan fingerprint density at radius 3 is 2.44 bits per heavy atom. The fourth-order valence-corrected chi connectivity index (χ4v) is 7.30. The lowest BCUT2D eigenvalue weighted by molar-refractivity contribution is -0.136. The van der Waals surface area contributed by atoms with Gasteiger partial charge in [-0.1, -0.05) is 18.6 Å². The maximum Gasteiger partial charge on any atom is 0.418 e. The average Bonchev–Trinajstić information content (AvgIpc) is 3.47. The van der Waals surface area contributed by atoms with E-state index in [0.717, 1.165) is 56.6 Å². The average molecular weight is 566 g/mol. The number of hydrogen-bond acceptors (Lipinski definition) is 5. The minimum Gasteiger partial charge on any atom is -0.320 e. The van der Waals surface area contributed by atoms with Crippen molar-refractivity contribution in [2.75, 3.05) is 20.1 Å². The van der Waals surface area contributed by atoms with Gasteiger partial charge in [-0.05, 0) is 73.9 Å². The van der Waals surface area contributed by atoms with Crippen LogP contribution >= 0.6 is 0 Å². The first-order valence-electron chi connectivity index (χ1n) is 14.4. The maximum atomic E-state index is 14.4. The molecule has 8 nitrogen and oxygen atoms in total. The van der Waals surface area contributed by atoms with Crippen molar-refractivity contribution >= 4 is 5.52 Å². The number of likely N-dealkylation sites (tertiary alicyclic amines) is 1. The highest BCUT2D eigenvalue weighted by atomic mass is 19.4. The van der Waals surface area contributed by atoms with Crippen LogP contribution in [0.1, 0.15) is 66.5 Å². The summed E-state index contributed by atoms with van der Waals surface area (Å²) in [5.74, 6) is 1.21. The number of rotatable bonds is 5. The second kappa shape index (κ2) is 9.84. The van der Waals surface area contributed by atoms with Gasteiger partial charge in [-0.3, -0.25) is 8.97 Å². The number of alkyl halides is 3. The first-order chi connectivity index (χ1) is 19.7. The Morgan fingerprint density at radius 1 is 1.05 bits per heavy atom. The zero-order valence-corrected chi connectivity index (χ0v) is 23.2. The smallest absolute Gasteiger partial charge is 0.320 e. The third-order valence-corrected chi connectivity index (χ3v) is 9.39. The molecule has 1 N–H and O–H groups in total. The molecule has 3 atom stereocenters. The Hall–Kier alpha value is -3.44. The monoisotopic (exact) mass is 565 g/mol. The molecule has 1 aliphatic carbocycles. The van der Waals surface area contributed by atoms with Crippen LogP contribution < -0.4 is 11.0 Å². The predicted molar refractivity (Wildman–Crippen MR) is 148 cm³/mol. The quantitative estimate of drug-likeness (QED) is 0.390. The summed E-state index contributed by atoms with van der Waals surface area (Å²) in [5, 5.41) is 12.1. The van der Waals surface area contributed by atoms with E-state index < -0.39 is 17.4 Å². The summed E-state index contributed by atoms with van der Waals surface area (Å²) in [4.78, 5) is 16.0. The number of nitrogens with zero attached hydrogens (tertiary/aromatic N) is 6. The minimum absolute atomic E-state index is 0.000297. The molecule has 1 saturated carbocycles. The molecule has 2 aliphatic heterocycles. The van der Waals surface area contributed by atoms with E-state index in [4.69, 9.17) is 0 Å². The van der Waals surface area contributed by atoms with Gasteiger partial charge in [-0.2, -0.15) is 13.2 Å². The van der Waals surface area contributed by atoms with Crippen molar-refractivity contribution < 1.29 is 13.2 Å². The number of hydrogen-bond donors (Lipinski definition) is 1. The van der Waals surface area contributed by atoms with Crippen LogP contribution in [0.2, 0.25) is 0 Å². The molecule has 216 valence electrons. The van der Waals surface area contributed by atoms with Crippen molar-refractivity contribution in [1.29, 1.82) is 0 Å². The van der Waals surface area contributed by atoms with E-state index in [0.29, 0.717) is 17.2 Å². The Kier molecular flexibility index (Phi) is 6.35. The fourth-order valence-electron chi connectivity index (χ4n) is 7.30. The van der Waals surface area contributed by atoms with E-state index in [1.165, 1.54) is 21.2 Å². The number of nitrogens with one attached hydrogen (secondary N) is 1. The number of piperazine rings is 1. The van der Waals surface area contributed by atoms with Crippen LogP contribution in [-0.4, -0.2) is 60.9 Å². The Bertz CT molecular complexity index is 1630. The van der Waals surface area contributed by atoms with E-state index in [9.17, 15) is 18.0 Å². The molecule has 0 amide bonds. The molecular weight excluding hydrogens is 531 g/mol. The first-order valence-corrected chi connectivity index (χ1v) is 14.4. The zero-order chi connectivity index (χ0) is 28.5. The van der Waals surface area contributed by atoms with Crippen LogP contribution in [0, 0.1) is 5.92 Å². The van der Waals surface area contributed by atoms with Crippen molar-refractivity contribution in [3.8, 4) is 5.69 Å². The van der Waals surface area contributed by atoms with Gasteiger partial charge in [0, 0.05) is 50.5 Å². The molecule has 3 aromatic heterocycles. The van der Waals surface area contributed by atoms with E-state index in [1.807, 2.05) is 29.8 Å². The summed E-state index contributed by atoms with van der Waals surface area (Å²) < 4.78 is 47.7. The molecule has 0 radical (unpaired) electrons. The number of pyridine rings is 1. The molecule has 41 heavy (non-hydrogen) atoms. The zero-order valence-electron chi connectivity index (χ0n) is 23.2. The van der Waals surface area contributed by atoms with Crippen LogP contribution in [0.25, 0.3) is 11.2 Å². The van der Waals surface area contributed by atoms with E-state index in [-0.39, 0.29) is 29.4 Å². The normalized spacial score (nSPS) is 24.5. The largest absolute Gasteiger partial charge is 0.418 e. The van der Waals surface area contributed by atoms with Crippen LogP contribution in [0.3, 0.4) is 0 Å². The molecule has 11 heteroatoms. The van der Waals surface area contributed by atoms with Crippen LogP contribution in [-0.2, 0) is 13.2 Å². The Labute approximate surface area is 235 Å². The molecule has 2 bridgehead atoms. The highest BCUT2D eigenvalue weighted by Gasteiger charge is 2.38. The van der Waals surface area contributed by atoms with Gasteiger partial charge in [0.1, 0.15) is 12.2 Å². The SMILES string of the molecule is CN1CC2CC(c3cc(C(F)(F)F)c4cn(-c5cccc([C@H](c6nncn6C)C6CCC6)c5)c(=O)n4c3)CC(C1)N2. The van der Waals surface area contributed by atoms with Gasteiger partial charge in [0.05, 0.1) is 16.8 Å². The molecule has 3 aliphatic rings.